The summed E-state index contributed by atoms with van der Waals surface area (Å²) in [5.74, 6) is 1.02. The van der Waals surface area contributed by atoms with Crippen LogP contribution in [-0.2, 0) is 22.6 Å². The summed E-state index contributed by atoms with van der Waals surface area (Å²) >= 11 is 11.8. The highest BCUT2D eigenvalue weighted by atomic mass is 35.5. The molecule has 0 aliphatic heterocycles. The molecule has 0 unspecified atom stereocenters. The number of hydrogen-bond donors (Lipinski definition) is 0. The molecule has 7 heteroatoms. The van der Waals surface area contributed by atoms with Crippen molar-refractivity contribution in [1.82, 2.24) is 4.98 Å². The predicted octanol–water partition coefficient (Wildman–Crippen LogP) is 4.94. The summed E-state index contributed by atoms with van der Waals surface area (Å²) in [5.41, 5.74) is 1.49. The normalized spacial score (nSPS) is 10.6. The van der Waals surface area contributed by atoms with E-state index in [4.69, 9.17) is 37.1 Å². The molecule has 0 bridgehead atoms. The maximum atomic E-state index is 12.1. The quantitative estimate of drug-likeness (QED) is 0.556. The largest absolute Gasteiger partial charge is 0.496 e. The van der Waals surface area contributed by atoms with Crippen molar-refractivity contribution in [3.8, 4) is 17.1 Å². The van der Waals surface area contributed by atoms with Crippen molar-refractivity contribution in [3.05, 3.63) is 70.2 Å². The second-order valence-electron chi connectivity index (χ2n) is 5.42. The summed E-state index contributed by atoms with van der Waals surface area (Å²) in [4.78, 5) is 16.2. The summed E-state index contributed by atoms with van der Waals surface area (Å²) in [7, 11) is 1.53. The second-order valence-corrected chi connectivity index (χ2v) is 6.29. The van der Waals surface area contributed by atoms with E-state index in [1.54, 1.807) is 36.5 Å². The monoisotopic (exact) mass is 391 g/mol. The number of carbonyl (C=O) groups excluding carboxylic acids is 1. The van der Waals surface area contributed by atoms with E-state index in [0.717, 1.165) is 5.56 Å². The number of esters is 1. The van der Waals surface area contributed by atoms with Gasteiger partial charge in [0.1, 0.15) is 5.75 Å². The van der Waals surface area contributed by atoms with Crippen LogP contribution in [0.4, 0.5) is 0 Å². The van der Waals surface area contributed by atoms with Crippen molar-refractivity contribution in [3.63, 3.8) is 0 Å². The average Bonchev–Trinajstić information content (AvgIpc) is 3.10. The van der Waals surface area contributed by atoms with Crippen molar-refractivity contribution >= 4 is 29.2 Å². The summed E-state index contributed by atoms with van der Waals surface area (Å²) < 4.78 is 16.0. The van der Waals surface area contributed by atoms with Gasteiger partial charge in [-0.05, 0) is 42.5 Å². The Balaban J connectivity index is 1.60. The van der Waals surface area contributed by atoms with Crippen LogP contribution in [0.15, 0.2) is 53.1 Å². The average molecular weight is 392 g/mol. The summed E-state index contributed by atoms with van der Waals surface area (Å²) in [6.45, 7) is -0.0602. The highest BCUT2D eigenvalue weighted by molar-refractivity contribution is 6.31. The Kier molecular flexibility index (Phi) is 5.81. The zero-order valence-electron chi connectivity index (χ0n) is 13.9. The number of aromatic nitrogens is 1. The fraction of sp³-hybridized carbons (Fsp3) is 0.158. The maximum Gasteiger partial charge on any atom is 0.310 e. The SMILES string of the molecule is COc1ccc(Cl)cc1CC(=O)OCc1ncc(-c2ccc(Cl)cc2)o1. The zero-order chi connectivity index (χ0) is 18.5. The van der Waals surface area contributed by atoms with E-state index in [1.807, 2.05) is 12.1 Å². The van der Waals surface area contributed by atoms with Crippen molar-refractivity contribution in [1.29, 1.82) is 0 Å². The third kappa shape index (κ3) is 4.56. The lowest BCUT2D eigenvalue weighted by molar-refractivity contribution is -0.144. The smallest absolute Gasteiger partial charge is 0.310 e. The van der Waals surface area contributed by atoms with E-state index in [9.17, 15) is 4.79 Å². The standard InChI is InChI=1S/C19H15Cl2NO4/c1-24-16-7-6-15(21)8-13(16)9-19(23)25-11-18-22-10-17(26-18)12-2-4-14(20)5-3-12/h2-8,10H,9,11H2,1H3. The van der Waals surface area contributed by atoms with Crippen LogP contribution < -0.4 is 4.74 Å². The van der Waals surface area contributed by atoms with Crippen molar-refractivity contribution < 1.29 is 18.7 Å². The number of rotatable bonds is 6. The van der Waals surface area contributed by atoms with Gasteiger partial charge in [-0.25, -0.2) is 4.98 Å². The van der Waals surface area contributed by atoms with Gasteiger partial charge in [-0.2, -0.15) is 0 Å². The number of carbonyl (C=O) groups is 1. The van der Waals surface area contributed by atoms with Crippen LogP contribution in [0.1, 0.15) is 11.5 Å². The van der Waals surface area contributed by atoms with Gasteiger partial charge >= 0.3 is 5.97 Å². The Hall–Kier alpha value is -2.50. The molecular formula is C19H15Cl2NO4. The van der Waals surface area contributed by atoms with E-state index in [2.05, 4.69) is 4.98 Å². The Morgan fingerprint density at radius 2 is 1.85 bits per heavy atom. The van der Waals surface area contributed by atoms with Crippen LogP contribution in [0.5, 0.6) is 5.75 Å². The number of nitrogens with zero attached hydrogens (tertiary/aromatic N) is 1. The molecule has 0 fully saturated rings. The van der Waals surface area contributed by atoms with Gasteiger partial charge in [-0.1, -0.05) is 23.2 Å². The number of hydrogen-bond acceptors (Lipinski definition) is 5. The maximum absolute atomic E-state index is 12.1. The molecule has 0 aliphatic rings. The molecule has 0 saturated heterocycles. The Labute approximate surface area is 160 Å². The minimum atomic E-state index is -0.434. The molecular weight excluding hydrogens is 377 g/mol. The fourth-order valence-electron chi connectivity index (χ4n) is 2.36. The molecule has 0 radical (unpaired) electrons. The third-order valence-electron chi connectivity index (χ3n) is 3.62. The lowest BCUT2D eigenvalue weighted by atomic mass is 10.1. The van der Waals surface area contributed by atoms with E-state index in [-0.39, 0.29) is 13.0 Å². The van der Waals surface area contributed by atoms with Crippen LogP contribution in [0.2, 0.25) is 10.0 Å². The van der Waals surface area contributed by atoms with Gasteiger partial charge in [0.05, 0.1) is 19.7 Å². The minimum absolute atomic E-state index is 0.0362. The molecule has 0 aliphatic carbocycles. The van der Waals surface area contributed by atoms with Crippen LogP contribution in [0, 0.1) is 0 Å². The molecule has 1 heterocycles. The lowest BCUT2D eigenvalue weighted by Gasteiger charge is -2.08. The molecule has 134 valence electrons. The predicted molar refractivity (Wildman–Crippen MR) is 98.5 cm³/mol. The van der Waals surface area contributed by atoms with E-state index in [0.29, 0.717) is 33.0 Å². The first-order chi connectivity index (χ1) is 12.5. The van der Waals surface area contributed by atoms with Gasteiger partial charge in [-0.3, -0.25) is 4.79 Å². The molecule has 2 aromatic carbocycles. The second kappa shape index (κ2) is 8.25. The topological polar surface area (TPSA) is 61.6 Å². The van der Waals surface area contributed by atoms with E-state index in [1.165, 1.54) is 7.11 Å². The number of methoxy groups -OCH3 is 1. The van der Waals surface area contributed by atoms with Gasteiger partial charge in [0.15, 0.2) is 12.4 Å². The molecule has 0 atom stereocenters. The van der Waals surface area contributed by atoms with Crippen LogP contribution in [0.25, 0.3) is 11.3 Å². The van der Waals surface area contributed by atoms with Crippen LogP contribution >= 0.6 is 23.2 Å². The highest BCUT2D eigenvalue weighted by Crippen LogP contribution is 2.24. The molecule has 0 saturated carbocycles. The molecule has 3 aromatic rings. The summed E-state index contributed by atoms with van der Waals surface area (Å²) in [5, 5.41) is 1.16. The van der Waals surface area contributed by atoms with E-state index < -0.39 is 5.97 Å². The van der Waals surface area contributed by atoms with Crippen molar-refractivity contribution in [2.45, 2.75) is 13.0 Å². The van der Waals surface area contributed by atoms with Crippen molar-refractivity contribution in [2.24, 2.45) is 0 Å². The first-order valence-corrected chi connectivity index (χ1v) is 8.49. The Morgan fingerprint density at radius 3 is 2.58 bits per heavy atom. The molecule has 3 rings (SSSR count). The molecule has 0 N–H and O–H groups in total. The lowest BCUT2D eigenvalue weighted by Crippen LogP contribution is -2.09. The molecule has 0 amide bonds. The van der Waals surface area contributed by atoms with Crippen LogP contribution in [0.3, 0.4) is 0 Å². The zero-order valence-corrected chi connectivity index (χ0v) is 15.4. The number of benzene rings is 2. The van der Waals surface area contributed by atoms with Gasteiger partial charge in [0.25, 0.3) is 0 Å². The molecule has 1 aromatic heterocycles. The molecule has 0 spiro atoms. The van der Waals surface area contributed by atoms with Crippen molar-refractivity contribution in [2.75, 3.05) is 7.11 Å². The van der Waals surface area contributed by atoms with Crippen LogP contribution in [-0.4, -0.2) is 18.1 Å². The fourth-order valence-corrected chi connectivity index (χ4v) is 2.68. The highest BCUT2D eigenvalue weighted by Gasteiger charge is 2.13. The Bertz CT molecular complexity index is 906. The number of oxazole rings is 1. The van der Waals surface area contributed by atoms with Gasteiger partial charge in [-0.15, -0.1) is 0 Å². The first-order valence-electron chi connectivity index (χ1n) is 7.74. The Morgan fingerprint density at radius 1 is 1.12 bits per heavy atom. The molecule has 5 nitrogen and oxygen atoms in total. The number of ether oxygens (including phenoxy) is 2. The van der Waals surface area contributed by atoms with Gasteiger partial charge < -0.3 is 13.9 Å². The van der Waals surface area contributed by atoms with Gasteiger partial charge in [0, 0.05) is 21.2 Å². The number of halogens is 2. The summed E-state index contributed by atoms with van der Waals surface area (Å²) in [6, 6.07) is 12.2. The first kappa shape index (κ1) is 18.3. The molecule has 26 heavy (non-hydrogen) atoms. The third-order valence-corrected chi connectivity index (χ3v) is 4.10. The van der Waals surface area contributed by atoms with Gasteiger partial charge in [0.2, 0.25) is 5.89 Å². The minimum Gasteiger partial charge on any atom is -0.496 e. The summed E-state index contributed by atoms with van der Waals surface area (Å²) in [6.07, 6.45) is 1.61. The van der Waals surface area contributed by atoms with E-state index >= 15 is 0 Å².